The van der Waals surface area contributed by atoms with E-state index in [2.05, 4.69) is 192 Å². The number of allylic oxidation sites excluding steroid dienone is 3. The number of nitrogens with zero attached hydrogens (tertiary/aromatic N) is 2. The van der Waals surface area contributed by atoms with Gasteiger partial charge < -0.3 is 9.13 Å². The zero-order chi connectivity index (χ0) is 31.3. The van der Waals surface area contributed by atoms with Crippen molar-refractivity contribution in [2.75, 3.05) is 0 Å². The van der Waals surface area contributed by atoms with Crippen LogP contribution in [0.15, 0.2) is 170 Å². The molecule has 0 aliphatic carbocycles. The van der Waals surface area contributed by atoms with E-state index in [1.54, 1.807) is 0 Å². The van der Waals surface area contributed by atoms with Crippen LogP contribution in [-0.2, 0) is 0 Å². The van der Waals surface area contributed by atoms with Gasteiger partial charge in [0.05, 0.1) is 22.1 Å². The monoisotopic (exact) mass is 600 g/mol. The van der Waals surface area contributed by atoms with Crippen molar-refractivity contribution >= 4 is 60.5 Å². The van der Waals surface area contributed by atoms with Crippen molar-refractivity contribution in [2.45, 2.75) is 6.92 Å². The molecule has 9 rings (SSSR count). The van der Waals surface area contributed by atoms with Gasteiger partial charge in [0.25, 0.3) is 0 Å². The van der Waals surface area contributed by atoms with Crippen LogP contribution in [0.5, 0.6) is 0 Å². The van der Waals surface area contributed by atoms with Crippen LogP contribution < -0.4 is 0 Å². The molecule has 9 aromatic rings. The van der Waals surface area contributed by atoms with Gasteiger partial charge in [-0.25, -0.2) is 0 Å². The lowest BCUT2D eigenvalue weighted by Crippen LogP contribution is -1.94. The van der Waals surface area contributed by atoms with E-state index in [1.165, 1.54) is 76.8 Å². The van der Waals surface area contributed by atoms with Gasteiger partial charge in [-0.1, -0.05) is 121 Å². The van der Waals surface area contributed by atoms with Crippen molar-refractivity contribution < 1.29 is 0 Å². The topological polar surface area (TPSA) is 9.86 Å². The number of aromatic nitrogens is 2. The molecule has 7 aromatic carbocycles. The molecular weight excluding hydrogens is 569 g/mol. The van der Waals surface area contributed by atoms with E-state index in [0.29, 0.717) is 0 Å². The van der Waals surface area contributed by atoms with Gasteiger partial charge in [0, 0.05) is 32.9 Å². The van der Waals surface area contributed by atoms with Crippen molar-refractivity contribution in [2.24, 2.45) is 0 Å². The SMILES string of the molecule is C/C=C\C=C/c1cccc2c1c1c3ccccc3ccc1n2-c1ccc(-c2ccc3c(c2)c2ccccc2n3-c2ccccc2)cc1. The maximum atomic E-state index is 2.42. The fourth-order valence-electron chi connectivity index (χ4n) is 7.35. The molecular formula is C45H32N2. The predicted molar refractivity (Wildman–Crippen MR) is 202 cm³/mol. The molecule has 0 aliphatic rings. The zero-order valence-corrected chi connectivity index (χ0v) is 26.1. The molecule has 0 amide bonds. The highest BCUT2D eigenvalue weighted by molar-refractivity contribution is 6.23. The maximum Gasteiger partial charge on any atom is 0.0547 e. The Morgan fingerprint density at radius 1 is 0.426 bits per heavy atom. The van der Waals surface area contributed by atoms with E-state index in [0.717, 1.165) is 5.69 Å². The summed E-state index contributed by atoms with van der Waals surface area (Å²) in [6.45, 7) is 2.05. The van der Waals surface area contributed by atoms with Gasteiger partial charge in [-0.3, -0.25) is 0 Å². The number of hydrogen-bond donors (Lipinski definition) is 0. The third-order valence-corrected chi connectivity index (χ3v) is 9.44. The quantitative estimate of drug-likeness (QED) is 0.174. The summed E-state index contributed by atoms with van der Waals surface area (Å²) in [4.78, 5) is 0. The Kier molecular flexibility index (Phi) is 6.39. The number of benzene rings is 7. The molecule has 222 valence electrons. The Labute approximate surface area is 273 Å². The van der Waals surface area contributed by atoms with Gasteiger partial charge in [0.1, 0.15) is 0 Å². The molecule has 0 bridgehead atoms. The highest BCUT2D eigenvalue weighted by atomic mass is 15.0. The molecule has 2 aromatic heterocycles. The Bertz CT molecular complexity index is 2660. The molecule has 0 unspecified atom stereocenters. The number of hydrogen-bond acceptors (Lipinski definition) is 0. The van der Waals surface area contributed by atoms with Crippen LogP contribution in [0.4, 0.5) is 0 Å². The molecule has 0 saturated heterocycles. The average molecular weight is 601 g/mol. The molecule has 0 aliphatic heterocycles. The van der Waals surface area contributed by atoms with Crippen molar-refractivity contribution in [1.29, 1.82) is 0 Å². The standard InChI is InChI=1S/C45H32N2/c1-2-3-5-14-33-15-12-21-42-44(33)45-37-18-9-8-13-32(37)24-29-43(45)47(42)36-26-22-31(23-27-36)34-25-28-41-39(30-34)38-19-10-11-20-40(38)46(41)35-16-6-4-7-17-35/h2-30H,1H3/b3-2-,14-5-. The first-order chi connectivity index (χ1) is 23.3. The molecule has 0 saturated carbocycles. The summed E-state index contributed by atoms with van der Waals surface area (Å²) in [5.74, 6) is 0. The predicted octanol–water partition coefficient (Wildman–Crippen LogP) is 12.3. The fourth-order valence-corrected chi connectivity index (χ4v) is 7.35. The molecule has 47 heavy (non-hydrogen) atoms. The summed E-state index contributed by atoms with van der Waals surface area (Å²) >= 11 is 0. The van der Waals surface area contributed by atoms with Crippen LogP contribution in [0.1, 0.15) is 12.5 Å². The van der Waals surface area contributed by atoms with Crippen molar-refractivity contribution in [3.05, 3.63) is 175 Å². The van der Waals surface area contributed by atoms with Crippen LogP contribution in [0, 0.1) is 0 Å². The van der Waals surface area contributed by atoms with Crippen LogP contribution in [-0.4, -0.2) is 9.13 Å². The van der Waals surface area contributed by atoms with Crippen molar-refractivity contribution in [3.63, 3.8) is 0 Å². The van der Waals surface area contributed by atoms with Crippen molar-refractivity contribution in [1.82, 2.24) is 9.13 Å². The molecule has 2 nitrogen and oxygen atoms in total. The normalized spacial score (nSPS) is 12.2. The van der Waals surface area contributed by atoms with E-state index in [-0.39, 0.29) is 0 Å². The van der Waals surface area contributed by atoms with E-state index >= 15 is 0 Å². The second kappa shape index (κ2) is 11.0. The van der Waals surface area contributed by atoms with Gasteiger partial charge in [0.2, 0.25) is 0 Å². The maximum absolute atomic E-state index is 2.42. The minimum atomic E-state index is 1.15. The van der Waals surface area contributed by atoms with E-state index in [4.69, 9.17) is 0 Å². The highest BCUT2D eigenvalue weighted by Gasteiger charge is 2.17. The van der Waals surface area contributed by atoms with Gasteiger partial charge in [-0.15, -0.1) is 0 Å². The molecule has 2 heteroatoms. The summed E-state index contributed by atoms with van der Waals surface area (Å²) in [6, 6.07) is 55.2. The van der Waals surface area contributed by atoms with Crippen LogP contribution in [0.25, 0.3) is 83.0 Å². The first kappa shape index (κ1) is 27.2. The number of fused-ring (bicyclic) bond motifs is 8. The molecule has 0 spiro atoms. The molecule has 0 radical (unpaired) electrons. The Balaban J connectivity index is 1.21. The van der Waals surface area contributed by atoms with Crippen molar-refractivity contribution in [3.8, 4) is 22.5 Å². The smallest absolute Gasteiger partial charge is 0.0547 e. The molecule has 0 N–H and O–H groups in total. The van der Waals surface area contributed by atoms with Crippen LogP contribution in [0.2, 0.25) is 0 Å². The van der Waals surface area contributed by atoms with Gasteiger partial charge in [-0.05, 0) is 89.0 Å². The van der Waals surface area contributed by atoms with Crippen LogP contribution >= 0.6 is 0 Å². The summed E-state index contributed by atoms with van der Waals surface area (Å²) in [5, 5.41) is 7.64. The van der Waals surface area contributed by atoms with Crippen LogP contribution in [0.3, 0.4) is 0 Å². The fraction of sp³-hybridized carbons (Fsp3) is 0.0222. The Hall–Kier alpha value is -6.12. The summed E-state index contributed by atoms with van der Waals surface area (Å²) < 4.78 is 4.79. The first-order valence-electron chi connectivity index (χ1n) is 16.2. The number of para-hydroxylation sites is 2. The van der Waals surface area contributed by atoms with E-state index in [1.807, 2.05) is 0 Å². The minimum absolute atomic E-state index is 1.15. The molecule has 2 heterocycles. The third-order valence-electron chi connectivity index (χ3n) is 9.44. The lowest BCUT2D eigenvalue weighted by Gasteiger charge is -2.11. The average Bonchev–Trinajstić information content (AvgIpc) is 3.65. The molecule has 0 fully saturated rings. The summed E-state index contributed by atoms with van der Waals surface area (Å²) in [6.07, 6.45) is 8.51. The Morgan fingerprint density at radius 2 is 1.06 bits per heavy atom. The second-order valence-corrected chi connectivity index (χ2v) is 12.1. The van der Waals surface area contributed by atoms with Gasteiger partial charge in [-0.2, -0.15) is 0 Å². The Morgan fingerprint density at radius 3 is 1.91 bits per heavy atom. The summed E-state index contributed by atoms with van der Waals surface area (Å²) in [7, 11) is 0. The molecule has 0 atom stereocenters. The summed E-state index contributed by atoms with van der Waals surface area (Å²) in [5.41, 5.74) is 10.8. The van der Waals surface area contributed by atoms with E-state index < -0.39 is 0 Å². The second-order valence-electron chi connectivity index (χ2n) is 12.1. The lowest BCUT2D eigenvalue weighted by molar-refractivity contribution is 1.18. The first-order valence-corrected chi connectivity index (χ1v) is 16.2. The lowest BCUT2D eigenvalue weighted by atomic mass is 10.0. The highest BCUT2D eigenvalue weighted by Crippen LogP contribution is 2.40. The minimum Gasteiger partial charge on any atom is -0.309 e. The third kappa shape index (κ3) is 4.34. The number of rotatable bonds is 5. The van der Waals surface area contributed by atoms with E-state index in [9.17, 15) is 0 Å². The van der Waals surface area contributed by atoms with Gasteiger partial charge in [0.15, 0.2) is 0 Å². The zero-order valence-electron chi connectivity index (χ0n) is 26.1. The van der Waals surface area contributed by atoms with Gasteiger partial charge >= 0.3 is 0 Å². The largest absolute Gasteiger partial charge is 0.309 e.